The van der Waals surface area contributed by atoms with Gasteiger partial charge >= 0.3 is 0 Å². The van der Waals surface area contributed by atoms with Gasteiger partial charge in [-0.2, -0.15) is 0 Å². The van der Waals surface area contributed by atoms with Gasteiger partial charge in [-0.15, -0.1) is 11.6 Å². The molecule has 0 atom stereocenters. The topological polar surface area (TPSA) is 58.6 Å². The third-order valence-electron chi connectivity index (χ3n) is 2.80. The summed E-state index contributed by atoms with van der Waals surface area (Å²) in [6.45, 7) is 1.45. The number of amides is 1. The number of ether oxygens (including phenoxy) is 1. The molecule has 1 heterocycles. The zero-order valence-corrected chi connectivity index (χ0v) is 11.2. The van der Waals surface area contributed by atoms with Crippen molar-refractivity contribution >= 4 is 34.7 Å². The van der Waals surface area contributed by atoms with Crippen LogP contribution in [0.2, 0.25) is 0 Å². The predicted molar refractivity (Wildman–Crippen MR) is 73.8 cm³/mol. The van der Waals surface area contributed by atoms with Crippen LogP contribution in [0.25, 0.3) is 0 Å². The highest BCUT2D eigenvalue weighted by Crippen LogP contribution is 2.19. The van der Waals surface area contributed by atoms with Crippen LogP contribution in [0.1, 0.15) is 0 Å². The summed E-state index contributed by atoms with van der Waals surface area (Å²) in [5.74, 6) is -0.0914. The van der Waals surface area contributed by atoms with E-state index in [0.29, 0.717) is 13.2 Å². The second kappa shape index (κ2) is 6.54. The van der Waals surface area contributed by atoms with Gasteiger partial charge in [0, 0.05) is 17.9 Å². The van der Waals surface area contributed by atoms with Crippen molar-refractivity contribution in [3.63, 3.8) is 0 Å². The average molecular weight is 283 g/mol. The van der Waals surface area contributed by atoms with Crippen molar-refractivity contribution in [2.24, 2.45) is 0 Å². The van der Waals surface area contributed by atoms with Crippen molar-refractivity contribution in [2.75, 3.05) is 42.4 Å². The minimum atomic E-state index is -0.0610. The number of anilines is 2. The van der Waals surface area contributed by atoms with E-state index in [1.54, 1.807) is 4.90 Å². The number of Topliss-reactive ketones (excluding diaryl/α,β-unsaturated/α-hetero) is 1. The Morgan fingerprint density at radius 3 is 2.74 bits per heavy atom. The number of ketones is 1. The first-order chi connectivity index (χ1) is 9.20. The molecule has 5 nitrogen and oxygen atoms in total. The van der Waals surface area contributed by atoms with E-state index in [1.165, 1.54) is 0 Å². The Hall–Kier alpha value is -1.59. The van der Waals surface area contributed by atoms with Crippen LogP contribution in [0.15, 0.2) is 24.3 Å². The summed E-state index contributed by atoms with van der Waals surface area (Å²) < 4.78 is 5.08. The second-order valence-corrected chi connectivity index (χ2v) is 4.44. The number of morpholine rings is 1. The zero-order chi connectivity index (χ0) is 13.7. The highest BCUT2D eigenvalue weighted by molar-refractivity contribution is 6.28. The van der Waals surface area contributed by atoms with E-state index >= 15 is 0 Å². The van der Waals surface area contributed by atoms with Crippen molar-refractivity contribution < 1.29 is 14.3 Å². The number of alkyl halides is 1. The largest absolute Gasteiger partial charge is 0.378 e. The van der Waals surface area contributed by atoms with Gasteiger partial charge in [-0.3, -0.25) is 9.59 Å². The summed E-state index contributed by atoms with van der Waals surface area (Å²) in [6, 6.07) is 7.35. The van der Waals surface area contributed by atoms with Crippen LogP contribution in [0.3, 0.4) is 0 Å². The fourth-order valence-corrected chi connectivity index (χ4v) is 1.89. The number of nitrogens with zero attached hydrogens (tertiary/aromatic N) is 1. The van der Waals surface area contributed by atoms with E-state index in [4.69, 9.17) is 16.3 Å². The lowest BCUT2D eigenvalue weighted by molar-refractivity contribution is -0.125. The van der Waals surface area contributed by atoms with E-state index < -0.39 is 0 Å². The monoisotopic (exact) mass is 282 g/mol. The molecule has 0 unspecified atom stereocenters. The Balaban J connectivity index is 1.97. The van der Waals surface area contributed by atoms with Gasteiger partial charge in [0.1, 0.15) is 6.61 Å². The molecule has 1 aliphatic heterocycles. The summed E-state index contributed by atoms with van der Waals surface area (Å²) in [5.41, 5.74) is 1.66. The van der Waals surface area contributed by atoms with Gasteiger partial charge in [0.25, 0.3) is 5.91 Å². The zero-order valence-electron chi connectivity index (χ0n) is 10.4. The Kier molecular flexibility index (Phi) is 4.76. The summed E-state index contributed by atoms with van der Waals surface area (Å²) in [6.07, 6.45) is 0. The average Bonchev–Trinajstić information content (AvgIpc) is 2.46. The fraction of sp³-hybridized carbons (Fsp3) is 0.385. The van der Waals surface area contributed by atoms with Crippen LogP contribution < -0.4 is 10.2 Å². The number of benzene rings is 1. The fourth-order valence-electron chi connectivity index (χ4n) is 1.80. The van der Waals surface area contributed by atoms with Crippen molar-refractivity contribution in [1.29, 1.82) is 0 Å². The van der Waals surface area contributed by atoms with Crippen LogP contribution in [0.4, 0.5) is 11.4 Å². The van der Waals surface area contributed by atoms with Crippen molar-refractivity contribution in [2.45, 2.75) is 0 Å². The Morgan fingerprint density at radius 1 is 1.37 bits per heavy atom. The first-order valence-corrected chi connectivity index (χ1v) is 6.54. The summed E-state index contributed by atoms with van der Waals surface area (Å²) in [7, 11) is 0. The molecule has 1 amide bonds. The maximum absolute atomic E-state index is 11.7. The molecular formula is C13H15ClN2O3. The van der Waals surface area contributed by atoms with Crippen LogP contribution in [-0.2, 0) is 14.3 Å². The van der Waals surface area contributed by atoms with Gasteiger partial charge in [0.15, 0.2) is 5.78 Å². The number of rotatable bonds is 5. The number of hydrogen-bond donors (Lipinski definition) is 1. The van der Waals surface area contributed by atoms with Crippen LogP contribution in [0, 0.1) is 0 Å². The van der Waals surface area contributed by atoms with Gasteiger partial charge in [-0.25, -0.2) is 0 Å². The molecule has 0 radical (unpaired) electrons. The maximum Gasteiger partial charge on any atom is 0.253 e. The molecule has 1 aromatic carbocycles. The molecule has 1 fully saturated rings. The first kappa shape index (κ1) is 13.8. The first-order valence-electron chi connectivity index (χ1n) is 6.00. The van der Waals surface area contributed by atoms with Gasteiger partial charge in [-0.1, -0.05) is 0 Å². The number of carbonyl (C=O) groups excluding carboxylic acids is 2. The van der Waals surface area contributed by atoms with E-state index in [-0.39, 0.29) is 30.7 Å². The van der Waals surface area contributed by atoms with Gasteiger partial charge < -0.3 is 15.0 Å². The Morgan fingerprint density at radius 2 is 2.11 bits per heavy atom. The molecule has 0 aliphatic carbocycles. The van der Waals surface area contributed by atoms with E-state index in [9.17, 15) is 9.59 Å². The molecule has 19 heavy (non-hydrogen) atoms. The lowest BCUT2D eigenvalue weighted by Gasteiger charge is -2.26. The van der Waals surface area contributed by atoms with Gasteiger partial charge in [0.2, 0.25) is 0 Å². The van der Waals surface area contributed by atoms with E-state index in [2.05, 4.69) is 5.32 Å². The second-order valence-electron chi connectivity index (χ2n) is 4.17. The summed E-state index contributed by atoms with van der Waals surface area (Å²) in [4.78, 5) is 24.4. The normalized spacial score (nSPS) is 15.4. The number of carbonyl (C=O) groups is 2. The molecular weight excluding hydrogens is 268 g/mol. The smallest absolute Gasteiger partial charge is 0.253 e. The molecule has 1 N–H and O–H groups in total. The van der Waals surface area contributed by atoms with Crippen molar-refractivity contribution in [3.05, 3.63) is 24.3 Å². The molecule has 1 saturated heterocycles. The van der Waals surface area contributed by atoms with E-state index in [1.807, 2.05) is 24.3 Å². The molecule has 102 valence electrons. The lowest BCUT2D eigenvalue weighted by Crippen LogP contribution is -2.41. The molecule has 1 aliphatic rings. The third-order valence-corrected chi connectivity index (χ3v) is 3.10. The van der Waals surface area contributed by atoms with Crippen LogP contribution >= 0.6 is 11.6 Å². The molecule has 6 heteroatoms. The number of halogens is 1. The molecule has 0 aromatic heterocycles. The standard InChI is InChI=1S/C13H15ClN2O3/c14-7-12(17)8-15-10-1-3-11(4-2-10)16-5-6-19-9-13(16)18/h1-4,15H,5-9H2. The highest BCUT2D eigenvalue weighted by Gasteiger charge is 2.19. The maximum atomic E-state index is 11.7. The third kappa shape index (κ3) is 3.68. The molecule has 0 saturated carbocycles. The van der Waals surface area contributed by atoms with Crippen LogP contribution in [-0.4, -0.2) is 43.9 Å². The molecule has 0 spiro atoms. The Labute approximate surface area is 116 Å². The SMILES string of the molecule is O=C(CCl)CNc1ccc(N2CCOCC2=O)cc1. The van der Waals surface area contributed by atoms with Crippen molar-refractivity contribution in [3.8, 4) is 0 Å². The summed E-state index contributed by atoms with van der Waals surface area (Å²) in [5, 5.41) is 2.97. The minimum absolute atomic E-state index is 0.00730. The quantitative estimate of drug-likeness (QED) is 0.827. The minimum Gasteiger partial charge on any atom is -0.378 e. The predicted octanol–water partition coefficient (Wildman–Crippen LogP) is 1.27. The van der Waals surface area contributed by atoms with Gasteiger partial charge in [0.05, 0.1) is 19.0 Å². The number of nitrogens with one attached hydrogen (secondary N) is 1. The highest BCUT2D eigenvalue weighted by atomic mass is 35.5. The van der Waals surface area contributed by atoms with E-state index in [0.717, 1.165) is 11.4 Å². The van der Waals surface area contributed by atoms with Gasteiger partial charge in [-0.05, 0) is 24.3 Å². The van der Waals surface area contributed by atoms with Crippen molar-refractivity contribution in [1.82, 2.24) is 0 Å². The molecule has 0 bridgehead atoms. The lowest BCUT2D eigenvalue weighted by atomic mass is 10.2. The molecule has 1 aromatic rings. The molecule has 2 rings (SSSR count). The summed E-state index contributed by atoms with van der Waals surface area (Å²) >= 11 is 5.42. The van der Waals surface area contributed by atoms with Crippen LogP contribution in [0.5, 0.6) is 0 Å². The number of hydrogen-bond acceptors (Lipinski definition) is 4. The Bertz CT molecular complexity index is 461.